The van der Waals surface area contributed by atoms with Crippen LogP contribution in [0.4, 0.5) is 0 Å². The van der Waals surface area contributed by atoms with Crippen molar-refractivity contribution < 1.29 is 5.11 Å². The summed E-state index contributed by atoms with van der Waals surface area (Å²) in [6, 6.07) is 0.703. The molecule has 0 aromatic carbocycles. The van der Waals surface area contributed by atoms with Gasteiger partial charge in [-0.1, -0.05) is 0 Å². The molecule has 2 rings (SSSR count). The van der Waals surface area contributed by atoms with Gasteiger partial charge >= 0.3 is 0 Å². The van der Waals surface area contributed by atoms with Crippen molar-refractivity contribution in [3.63, 3.8) is 0 Å². The minimum atomic E-state index is 0.374. The van der Waals surface area contributed by atoms with Crippen LogP contribution in [-0.2, 0) is 0 Å². The zero-order valence-corrected chi connectivity index (χ0v) is 10.7. The van der Waals surface area contributed by atoms with Crippen LogP contribution in [-0.4, -0.2) is 60.3 Å². The molecular weight excluding hydrogens is 200 g/mol. The van der Waals surface area contributed by atoms with E-state index >= 15 is 0 Å². The molecule has 2 heterocycles. The highest BCUT2D eigenvalue weighted by molar-refractivity contribution is 4.83. The molecule has 0 spiro atoms. The van der Waals surface area contributed by atoms with Gasteiger partial charge < -0.3 is 14.9 Å². The van der Waals surface area contributed by atoms with Crippen molar-refractivity contribution in [1.29, 1.82) is 0 Å². The predicted molar refractivity (Wildman–Crippen MR) is 66.4 cm³/mol. The minimum absolute atomic E-state index is 0.374. The van der Waals surface area contributed by atoms with E-state index in [0.29, 0.717) is 18.6 Å². The molecule has 0 saturated carbocycles. The van der Waals surface area contributed by atoms with Gasteiger partial charge in [0.05, 0.1) is 0 Å². The maximum atomic E-state index is 9.12. The van der Waals surface area contributed by atoms with Gasteiger partial charge in [0.25, 0.3) is 0 Å². The van der Waals surface area contributed by atoms with Crippen molar-refractivity contribution in [2.24, 2.45) is 11.8 Å². The molecule has 0 bridgehead atoms. The second kappa shape index (κ2) is 5.48. The van der Waals surface area contributed by atoms with Gasteiger partial charge in [0, 0.05) is 32.3 Å². The summed E-state index contributed by atoms with van der Waals surface area (Å²) in [5.41, 5.74) is 0. The summed E-state index contributed by atoms with van der Waals surface area (Å²) in [4.78, 5) is 5.14. The monoisotopic (exact) mass is 226 g/mol. The van der Waals surface area contributed by atoms with Crippen molar-refractivity contribution in [2.45, 2.75) is 32.7 Å². The third-order valence-corrected chi connectivity index (χ3v) is 4.19. The number of rotatable bonds is 4. The van der Waals surface area contributed by atoms with Crippen LogP contribution in [0.25, 0.3) is 0 Å². The molecule has 94 valence electrons. The Hall–Kier alpha value is -0.120. The third-order valence-electron chi connectivity index (χ3n) is 4.19. The first kappa shape index (κ1) is 12.3. The number of nitrogens with zero attached hydrogens (tertiary/aromatic N) is 2. The number of aliphatic hydroxyl groups is 1. The van der Waals surface area contributed by atoms with Crippen molar-refractivity contribution in [3.8, 4) is 0 Å². The summed E-state index contributed by atoms with van der Waals surface area (Å²) in [6.07, 6.45) is 2.55. The van der Waals surface area contributed by atoms with Crippen molar-refractivity contribution in [3.05, 3.63) is 0 Å². The van der Waals surface area contributed by atoms with E-state index in [1.54, 1.807) is 0 Å². The molecule has 2 aliphatic rings. The number of hydrogen-bond donors (Lipinski definition) is 1. The van der Waals surface area contributed by atoms with E-state index in [-0.39, 0.29) is 0 Å². The Bertz CT molecular complexity index is 220. The smallest absolute Gasteiger partial charge is 0.0471 e. The molecule has 2 atom stereocenters. The van der Waals surface area contributed by atoms with E-state index in [4.69, 9.17) is 5.11 Å². The molecule has 0 aromatic rings. The van der Waals surface area contributed by atoms with Crippen LogP contribution in [0.5, 0.6) is 0 Å². The summed E-state index contributed by atoms with van der Waals surface area (Å²) in [5.74, 6) is 1.41. The lowest BCUT2D eigenvalue weighted by Gasteiger charge is -2.23. The van der Waals surface area contributed by atoms with Gasteiger partial charge in [0.15, 0.2) is 0 Å². The lowest BCUT2D eigenvalue weighted by atomic mass is 10.1. The van der Waals surface area contributed by atoms with Gasteiger partial charge in [0.1, 0.15) is 0 Å². The van der Waals surface area contributed by atoms with Crippen LogP contribution in [0.15, 0.2) is 0 Å². The third kappa shape index (κ3) is 2.96. The molecule has 0 amide bonds. The molecule has 3 heteroatoms. The predicted octanol–water partition coefficient (Wildman–Crippen LogP) is 1.03. The van der Waals surface area contributed by atoms with Gasteiger partial charge in [-0.2, -0.15) is 0 Å². The van der Waals surface area contributed by atoms with Crippen molar-refractivity contribution in [2.75, 3.05) is 39.3 Å². The molecule has 2 unspecified atom stereocenters. The highest BCUT2D eigenvalue weighted by Crippen LogP contribution is 2.23. The normalized spacial score (nSPS) is 33.0. The van der Waals surface area contributed by atoms with E-state index in [9.17, 15) is 0 Å². The molecule has 16 heavy (non-hydrogen) atoms. The number of aliphatic hydroxyl groups excluding tert-OH is 1. The molecule has 2 fully saturated rings. The topological polar surface area (TPSA) is 26.7 Å². The van der Waals surface area contributed by atoms with E-state index in [2.05, 4.69) is 23.6 Å². The van der Waals surface area contributed by atoms with Crippen LogP contribution >= 0.6 is 0 Å². The number of likely N-dealkylation sites (tertiary alicyclic amines) is 2. The van der Waals surface area contributed by atoms with Crippen LogP contribution in [0, 0.1) is 11.8 Å². The standard InChI is InChI=1S/C13H26N2O/c1-11(2)15-6-4-12(9-15)7-14-5-3-13(8-14)10-16/h11-13,16H,3-10H2,1-2H3. The summed E-state index contributed by atoms with van der Waals surface area (Å²) in [7, 11) is 0. The van der Waals surface area contributed by atoms with Crippen LogP contribution < -0.4 is 0 Å². The molecule has 0 radical (unpaired) electrons. The molecule has 0 aliphatic carbocycles. The summed E-state index contributed by atoms with van der Waals surface area (Å²) in [6.45, 7) is 11.1. The van der Waals surface area contributed by atoms with Gasteiger partial charge in [-0.15, -0.1) is 0 Å². The maximum absolute atomic E-state index is 9.12. The van der Waals surface area contributed by atoms with E-state index in [1.807, 2.05) is 0 Å². The first-order valence-corrected chi connectivity index (χ1v) is 6.76. The van der Waals surface area contributed by atoms with E-state index in [0.717, 1.165) is 12.5 Å². The minimum Gasteiger partial charge on any atom is -0.396 e. The fourth-order valence-corrected chi connectivity index (χ4v) is 3.07. The first-order chi connectivity index (χ1) is 7.69. The summed E-state index contributed by atoms with van der Waals surface area (Å²) < 4.78 is 0. The quantitative estimate of drug-likeness (QED) is 0.775. The lowest BCUT2D eigenvalue weighted by Crippen LogP contribution is -2.32. The Morgan fingerprint density at radius 2 is 1.88 bits per heavy atom. The Morgan fingerprint density at radius 3 is 2.44 bits per heavy atom. The van der Waals surface area contributed by atoms with Crippen LogP contribution in [0.3, 0.4) is 0 Å². The molecular formula is C13H26N2O. The van der Waals surface area contributed by atoms with Gasteiger partial charge in [-0.05, 0) is 51.6 Å². The maximum Gasteiger partial charge on any atom is 0.0471 e. The molecule has 2 aliphatic heterocycles. The van der Waals surface area contributed by atoms with E-state index in [1.165, 1.54) is 39.0 Å². The summed E-state index contributed by atoms with van der Waals surface area (Å²) in [5, 5.41) is 9.12. The number of hydrogen-bond acceptors (Lipinski definition) is 3. The SMILES string of the molecule is CC(C)N1CCC(CN2CCC(CO)C2)C1. The van der Waals surface area contributed by atoms with Crippen LogP contribution in [0.2, 0.25) is 0 Å². The zero-order chi connectivity index (χ0) is 11.5. The fraction of sp³-hybridized carbons (Fsp3) is 1.00. The Labute approximate surface area is 99.4 Å². The molecule has 1 N–H and O–H groups in total. The Morgan fingerprint density at radius 1 is 1.12 bits per heavy atom. The van der Waals surface area contributed by atoms with Gasteiger partial charge in [0.2, 0.25) is 0 Å². The van der Waals surface area contributed by atoms with Crippen molar-refractivity contribution in [1.82, 2.24) is 9.80 Å². The van der Waals surface area contributed by atoms with E-state index < -0.39 is 0 Å². The lowest BCUT2D eigenvalue weighted by molar-refractivity contribution is 0.208. The average molecular weight is 226 g/mol. The Kier molecular flexibility index (Phi) is 4.22. The van der Waals surface area contributed by atoms with Gasteiger partial charge in [-0.3, -0.25) is 0 Å². The largest absolute Gasteiger partial charge is 0.396 e. The van der Waals surface area contributed by atoms with Crippen molar-refractivity contribution >= 4 is 0 Å². The van der Waals surface area contributed by atoms with Gasteiger partial charge in [-0.25, -0.2) is 0 Å². The molecule has 2 saturated heterocycles. The second-order valence-electron chi connectivity index (χ2n) is 5.84. The zero-order valence-electron chi connectivity index (χ0n) is 10.7. The molecule has 3 nitrogen and oxygen atoms in total. The fourth-order valence-electron chi connectivity index (χ4n) is 3.07. The first-order valence-electron chi connectivity index (χ1n) is 6.76. The Balaban J connectivity index is 1.71. The second-order valence-corrected chi connectivity index (χ2v) is 5.84. The average Bonchev–Trinajstić information content (AvgIpc) is 2.87. The highest BCUT2D eigenvalue weighted by Gasteiger charge is 2.28. The van der Waals surface area contributed by atoms with Crippen LogP contribution in [0.1, 0.15) is 26.7 Å². The highest BCUT2D eigenvalue weighted by atomic mass is 16.3. The summed E-state index contributed by atoms with van der Waals surface area (Å²) >= 11 is 0. The molecule has 0 aromatic heterocycles.